The van der Waals surface area contributed by atoms with Crippen molar-refractivity contribution >= 4 is 46.0 Å². The lowest BCUT2D eigenvalue weighted by Crippen LogP contribution is -2.19. The number of anilines is 1. The van der Waals surface area contributed by atoms with E-state index in [1.165, 1.54) is 17.3 Å². The number of rotatable bonds is 4. The Labute approximate surface area is 183 Å². The van der Waals surface area contributed by atoms with Gasteiger partial charge in [0, 0.05) is 23.9 Å². The molecule has 0 fully saturated rings. The zero-order valence-corrected chi connectivity index (χ0v) is 18.3. The van der Waals surface area contributed by atoms with E-state index in [4.69, 9.17) is 11.6 Å². The Morgan fingerprint density at radius 3 is 2.27 bits per heavy atom. The SMILES string of the molecule is Cc1ccc(Sc2cc3c(cc2NC(=O)c2ccccc2Cl)n(C)c(=O)n3C)cc1. The van der Waals surface area contributed by atoms with Gasteiger partial charge in [0.25, 0.3) is 5.91 Å². The van der Waals surface area contributed by atoms with Gasteiger partial charge >= 0.3 is 5.69 Å². The number of hydrogen-bond donors (Lipinski definition) is 1. The van der Waals surface area contributed by atoms with Gasteiger partial charge in [-0.2, -0.15) is 0 Å². The van der Waals surface area contributed by atoms with Crippen LogP contribution in [0.1, 0.15) is 15.9 Å². The first-order chi connectivity index (χ1) is 14.3. The number of imidazole rings is 1. The summed E-state index contributed by atoms with van der Waals surface area (Å²) in [4.78, 5) is 27.2. The van der Waals surface area contributed by atoms with E-state index in [1.807, 2.05) is 43.3 Å². The number of carbonyl (C=O) groups excluding carboxylic acids is 1. The molecule has 0 radical (unpaired) electrons. The number of carbonyl (C=O) groups is 1. The fourth-order valence-electron chi connectivity index (χ4n) is 3.28. The van der Waals surface area contributed by atoms with E-state index >= 15 is 0 Å². The smallest absolute Gasteiger partial charge is 0.321 e. The van der Waals surface area contributed by atoms with Gasteiger partial charge in [0.2, 0.25) is 0 Å². The second-order valence-electron chi connectivity index (χ2n) is 7.09. The summed E-state index contributed by atoms with van der Waals surface area (Å²) in [6.45, 7) is 2.04. The van der Waals surface area contributed by atoms with Crippen molar-refractivity contribution < 1.29 is 4.79 Å². The average Bonchev–Trinajstić information content (AvgIpc) is 2.94. The molecule has 152 valence electrons. The monoisotopic (exact) mass is 437 g/mol. The standard InChI is InChI=1S/C23H20ClN3O2S/c1-14-8-10-15(11-9-14)30-21-13-20-19(26(2)23(29)27(20)3)12-18(21)25-22(28)16-6-4-5-7-17(16)24/h4-13H,1-3H3,(H,25,28). The quantitative estimate of drug-likeness (QED) is 0.475. The molecule has 3 aromatic carbocycles. The number of nitrogens with one attached hydrogen (secondary N) is 1. The Bertz CT molecular complexity index is 1320. The van der Waals surface area contributed by atoms with Gasteiger partial charge in [-0.25, -0.2) is 4.79 Å². The van der Waals surface area contributed by atoms with Gasteiger partial charge in [-0.1, -0.05) is 53.2 Å². The maximum Gasteiger partial charge on any atom is 0.328 e. The molecule has 1 N–H and O–H groups in total. The number of nitrogens with zero attached hydrogens (tertiary/aromatic N) is 2. The van der Waals surface area contributed by atoms with Crippen molar-refractivity contribution in [3.63, 3.8) is 0 Å². The summed E-state index contributed by atoms with van der Waals surface area (Å²) in [6.07, 6.45) is 0. The Morgan fingerprint density at radius 2 is 1.60 bits per heavy atom. The maximum atomic E-state index is 12.9. The first-order valence-electron chi connectivity index (χ1n) is 9.35. The van der Waals surface area contributed by atoms with Crippen molar-refractivity contribution in [3.05, 3.63) is 87.3 Å². The fraction of sp³-hybridized carbons (Fsp3) is 0.130. The van der Waals surface area contributed by atoms with Gasteiger partial charge in [0.1, 0.15) is 0 Å². The molecule has 0 atom stereocenters. The second-order valence-corrected chi connectivity index (χ2v) is 8.61. The van der Waals surface area contributed by atoms with Crippen LogP contribution in [0.4, 0.5) is 5.69 Å². The number of aryl methyl sites for hydroxylation is 3. The van der Waals surface area contributed by atoms with Crippen LogP contribution >= 0.6 is 23.4 Å². The van der Waals surface area contributed by atoms with Crippen molar-refractivity contribution in [2.75, 3.05) is 5.32 Å². The fourth-order valence-corrected chi connectivity index (χ4v) is 4.41. The minimum Gasteiger partial charge on any atom is -0.321 e. The van der Waals surface area contributed by atoms with Gasteiger partial charge in [0.15, 0.2) is 0 Å². The van der Waals surface area contributed by atoms with E-state index in [0.717, 1.165) is 20.8 Å². The van der Waals surface area contributed by atoms with Crippen molar-refractivity contribution in [1.82, 2.24) is 9.13 Å². The second kappa shape index (κ2) is 8.05. The molecule has 0 aliphatic heterocycles. The molecular formula is C23H20ClN3O2S. The lowest BCUT2D eigenvalue weighted by atomic mass is 10.2. The molecule has 0 aliphatic carbocycles. The minimum atomic E-state index is -0.299. The zero-order valence-electron chi connectivity index (χ0n) is 16.8. The normalized spacial score (nSPS) is 11.1. The third-order valence-corrected chi connectivity index (χ3v) is 6.38. The van der Waals surface area contributed by atoms with Gasteiger partial charge in [-0.05, 0) is 43.3 Å². The van der Waals surface area contributed by atoms with E-state index in [0.29, 0.717) is 16.3 Å². The molecule has 0 unspecified atom stereocenters. The van der Waals surface area contributed by atoms with Crippen LogP contribution in [0.25, 0.3) is 11.0 Å². The molecular weight excluding hydrogens is 418 g/mol. The van der Waals surface area contributed by atoms with Gasteiger partial charge in [-0.15, -0.1) is 0 Å². The highest BCUT2D eigenvalue weighted by Crippen LogP contribution is 2.36. The summed E-state index contributed by atoms with van der Waals surface area (Å²) < 4.78 is 3.18. The van der Waals surface area contributed by atoms with Gasteiger partial charge < -0.3 is 5.32 Å². The van der Waals surface area contributed by atoms with E-state index < -0.39 is 0 Å². The summed E-state index contributed by atoms with van der Waals surface area (Å²) in [6, 6.07) is 18.8. The highest BCUT2D eigenvalue weighted by Gasteiger charge is 2.17. The predicted molar refractivity (Wildman–Crippen MR) is 123 cm³/mol. The number of hydrogen-bond acceptors (Lipinski definition) is 3. The summed E-state index contributed by atoms with van der Waals surface area (Å²) in [5.74, 6) is -0.299. The maximum absolute atomic E-state index is 12.9. The van der Waals surface area contributed by atoms with Crippen LogP contribution in [0.3, 0.4) is 0 Å². The summed E-state index contributed by atoms with van der Waals surface area (Å²) >= 11 is 7.73. The number of fused-ring (bicyclic) bond motifs is 1. The summed E-state index contributed by atoms with van der Waals surface area (Å²) in [5.41, 5.74) is 3.61. The highest BCUT2D eigenvalue weighted by atomic mass is 35.5. The average molecular weight is 438 g/mol. The number of amides is 1. The largest absolute Gasteiger partial charge is 0.328 e. The molecule has 1 amide bonds. The molecule has 1 heterocycles. The Morgan fingerprint density at radius 1 is 0.967 bits per heavy atom. The van der Waals surface area contributed by atoms with E-state index in [9.17, 15) is 9.59 Å². The van der Waals surface area contributed by atoms with Crippen molar-refractivity contribution in [3.8, 4) is 0 Å². The minimum absolute atomic E-state index is 0.120. The number of benzene rings is 3. The molecule has 0 saturated carbocycles. The third-order valence-electron chi connectivity index (χ3n) is 4.99. The molecule has 4 aromatic rings. The van der Waals surface area contributed by atoms with E-state index in [2.05, 4.69) is 5.32 Å². The Kier molecular flexibility index (Phi) is 5.45. The van der Waals surface area contributed by atoms with Gasteiger partial charge in [-0.3, -0.25) is 13.9 Å². The molecule has 0 aliphatic rings. The number of halogens is 1. The van der Waals surface area contributed by atoms with Crippen molar-refractivity contribution in [2.24, 2.45) is 14.1 Å². The van der Waals surface area contributed by atoms with Crippen LogP contribution < -0.4 is 11.0 Å². The van der Waals surface area contributed by atoms with E-state index in [1.54, 1.807) is 47.5 Å². The molecule has 5 nitrogen and oxygen atoms in total. The zero-order chi connectivity index (χ0) is 21.4. The first kappa shape index (κ1) is 20.3. The lowest BCUT2D eigenvalue weighted by molar-refractivity contribution is 0.102. The van der Waals surface area contributed by atoms with E-state index in [-0.39, 0.29) is 11.6 Å². The van der Waals surface area contributed by atoms with Crippen LogP contribution in [0.2, 0.25) is 5.02 Å². The van der Waals surface area contributed by atoms with Crippen LogP contribution in [0.15, 0.2) is 75.2 Å². The summed E-state index contributed by atoms with van der Waals surface area (Å²) in [7, 11) is 3.46. The topological polar surface area (TPSA) is 56.0 Å². The Balaban J connectivity index is 1.82. The first-order valence-corrected chi connectivity index (χ1v) is 10.5. The van der Waals surface area contributed by atoms with Crippen molar-refractivity contribution in [1.29, 1.82) is 0 Å². The number of aromatic nitrogens is 2. The molecule has 4 rings (SSSR count). The van der Waals surface area contributed by atoms with Crippen LogP contribution in [0, 0.1) is 6.92 Å². The predicted octanol–water partition coefficient (Wildman–Crippen LogP) is 5.24. The molecule has 30 heavy (non-hydrogen) atoms. The lowest BCUT2D eigenvalue weighted by Gasteiger charge is -2.13. The van der Waals surface area contributed by atoms with Crippen LogP contribution in [-0.2, 0) is 14.1 Å². The molecule has 0 saturated heterocycles. The van der Waals surface area contributed by atoms with Crippen LogP contribution in [-0.4, -0.2) is 15.0 Å². The third kappa shape index (κ3) is 3.76. The molecule has 0 bridgehead atoms. The Hall–Kier alpha value is -2.96. The van der Waals surface area contributed by atoms with Gasteiger partial charge in [0.05, 0.1) is 27.3 Å². The highest BCUT2D eigenvalue weighted by molar-refractivity contribution is 7.99. The summed E-state index contributed by atoms with van der Waals surface area (Å²) in [5, 5.41) is 3.36. The molecule has 7 heteroatoms. The molecule has 1 aromatic heterocycles. The van der Waals surface area contributed by atoms with Crippen molar-refractivity contribution in [2.45, 2.75) is 16.7 Å². The molecule has 0 spiro atoms. The van der Waals surface area contributed by atoms with Crippen LogP contribution in [0.5, 0.6) is 0 Å².